The number of esters is 1. The van der Waals surface area contributed by atoms with Gasteiger partial charge in [0.2, 0.25) is 0 Å². The van der Waals surface area contributed by atoms with E-state index in [1.807, 2.05) is 31.2 Å². The maximum atomic E-state index is 12.0. The van der Waals surface area contributed by atoms with Gasteiger partial charge in [-0.05, 0) is 42.3 Å². The molecule has 0 heterocycles. The van der Waals surface area contributed by atoms with E-state index in [0.717, 1.165) is 15.8 Å². The van der Waals surface area contributed by atoms with Crippen molar-refractivity contribution in [3.05, 3.63) is 69.7 Å². The summed E-state index contributed by atoms with van der Waals surface area (Å²) in [5.74, 6) is 0.539. The Hall–Kier alpha value is -1.77. The summed E-state index contributed by atoms with van der Waals surface area (Å²) in [5.41, 5.74) is 2.64. The van der Waals surface area contributed by atoms with Crippen molar-refractivity contribution < 1.29 is 9.53 Å². The van der Waals surface area contributed by atoms with E-state index < -0.39 is 0 Å². The van der Waals surface area contributed by atoms with Gasteiger partial charge >= 0.3 is 5.97 Å². The Balaban J connectivity index is 1.78. The van der Waals surface area contributed by atoms with Crippen molar-refractivity contribution in [3.63, 3.8) is 0 Å². The third kappa shape index (κ3) is 5.74. The molecule has 3 nitrogen and oxygen atoms in total. The first-order valence-corrected chi connectivity index (χ1v) is 8.94. The van der Waals surface area contributed by atoms with Crippen LogP contribution >= 0.6 is 27.7 Å². The van der Waals surface area contributed by atoms with Crippen LogP contribution in [0, 0.1) is 11.3 Å². The van der Waals surface area contributed by atoms with Gasteiger partial charge in [-0.25, -0.2) is 0 Å². The third-order valence-electron chi connectivity index (χ3n) is 3.21. The maximum Gasteiger partial charge on any atom is 0.319 e. The number of carbonyl (C=O) groups is 1. The molecule has 0 radical (unpaired) electrons. The minimum Gasteiger partial charge on any atom is -0.460 e. The predicted octanol–water partition coefficient (Wildman–Crippen LogP) is 4.69. The fourth-order valence-electron chi connectivity index (χ4n) is 1.82. The molecule has 0 bridgehead atoms. The molecule has 2 aromatic carbocycles. The standard InChI is InChI=1S/C18H16BrNO2S/c1-13(23-12-16-6-8-17(19)9-7-16)18(21)22-11-15-4-2-14(10-20)3-5-15/h2-9,13H,11-12H2,1H3/t13-/m0/s1. The van der Waals surface area contributed by atoms with Gasteiger partial charge in [0.25, 0.3) is 0 Å². The number of hydrogen-bond acceptors (Lipinski definition) is 4. The Morgan fingerprint density at radius 3 is 2.39 bits per heavy atom. The molecular weight excluding hydrogens is 374 g/mol. The highest BCUT2D eigenvalue weighted by Gasteiger charge is 2.15. The van der Waals surface area contributed by atoms with Crippen molar-refractivity contribution in [2.24, 2.45) is 0 Å². The lowest BCUT2D eigenvalue weighted by molar-refractivity contribution is -0.143. The van der Waals surface area contributed by atoms with Gasteiger partial charge in [0.15, 0.2) is 0 Å². The molecule has 0 saturated heterocycles. The summed E-state index contributed by atoms with van der Waals surface area (Å²) in [6, 6.07) is 17.1. The zero-order valence-electron chi connectivity index (χ0n) is 12.7. The van der Waals surface area contributed by atoms with Crippen molar-refractivity contribution in [2.75, 3.05) is 0 Å². The Morgan fingerprint density at radius 1 is 1.17 bits per heavy atom. The number of rotatable bonds is 6. The van der Waals surface area contributed by atoms with Crippen molar-refractivity contribution in [1.82, 2.24) is 0 Å². The summed E-state index contributed by atoms with van der Waals surface area (Å²) in [5, 5.41) is 8.52. The van der Waals surface area contributed by atoms with E-state index in [9.17, 15) is 4.79 Å². The van der Waals surface area contributed by atoms with Gasteiger partial charge in [0, 0.05) is 10.2 Å². The number of benzene rings is 2. The minimum atomic E-state index is -0.225. The van der Waals surface area contributed by atoms with Crippen LogP contribution in [-0.4, -0.2) is 11.2 Å². The molecule has 0 aromatic heterocycles. The highest BCUT2D eigenvalue weighted by Crippen LogP contribution is 2.20. The van der Waals surface area contributed by atoms with Crippen LogP contribution in [0.3, 0.4) is 0 Å². The summed E-state index contributed by atoms with van der Waals surface area (Å²) < 4.78 is 6.36. The van der Waals surface area contributed by atoms with E-state index in [1.54, 1.807) is 36.0 Å². The van der Waals surface area contributed by atoms with Crippen LogP contribution in [0.25, 0.3) is 0 Å². The second-order valence-corrected chi connectivity index (χ2v) is 7.24. The summed E-state index contributed by atoms with van der Waals surface area (Å²) in [4.78, 5) is 12.0. The first kappa shape index (κ1) is 17.6. The number of ether oxygens (including phenoxy) is 1. The minimum absolute atomic E-state index is 0.225. The molecule has 0 saturated carbocycles. The van der Waals surface area contributed by atoms with Crippen LogP contribution in [0.15, 0.2) is 53.0 Å². The fourth-order valence-corrected chi connectivity index (χ4v) is 2.92. The smallest absolute Gasteiger partial charge is 0.319 e. The number of hydrogen-bond donors (Lipinski definition) is 0. The molecule has 118 valence electrons. The van der Waals surface area contributed by atoms with Crippen LogP contribution in [0.2, 0.25) is 0 Å². The number of thioether (sulfide) groups is 1. The van der Waals surface area contributed by atoms with Crippen LogP contribution < -0.4 is 0 Å². The molecule has 0 aliphatic heterocycles. The zero-order chi connectivity index (χ0) is 16.7. The van der Waals surface area contributed by atoms with Gasteiger partial charge < -0.3 is 4.74 Å². The second kappa shape index (κ2) is 8.76. The Labute approximate surface area is 148 Å². The summed E-state index contributed by atoms with van der Waals surface area (Å²) in [6.07, 6.45) is 0. The molecule has 0 spiro atoms. The lowest BCUT2D eigenvalue weighted by Gasteiger charge is -2.11. The second-order valence-electron chi connectivity index (χ2n) is 5.00. The molecule has 0 amide bonds. The van der Waals surface area contributed by atoms with E-state index in [-0.39, 0.29) is 17.8 Å². The van der Waals surface area contributed by atoms with Crippen LogP contribution in [-0.2, 0) is 21.9 Å². The Bertz CT molecular complexity index is 692. The normalized spacial score (nSPS) is 11.5. The zero-order valence-corrected chi connectivity index (χ0v) is 15.1. The average molecular weight is 390 g/mol. The summed E-state index contributed by atoms with van der Waals surface area (Å²) in [7, 11) is 0. The molecule has 0 fully saturated rings. The van der Waals surface area contributed by atoms with E-state index in [4.69, 9.17) is 10.00 Å². The van der Waals surface area contributed by atoms with Crippen molar-refractivity contribution in [1.29, 1.82) is 5.26 Å². The molecule has 0 unspecified atom stereocenters. The number of nitrogens with zero attached hydrogens (tertiary/aromatic N) is 1. The van der Waals surface area contributed by atoms with Crippen molar-refractivity contribution in [2.45, 2.75) is 24.5 Å². The van der Waals surface area contributed by atoms with E-state index >= 15 is 0 Å². The van der Waals surface area contributed by atoms with Crippen molar-refractivity contribution >= 4 is 33.7 Å². The maximum absolute atomic E-state index is 12.0. The quantitative estimate of drug-likeness (QED) is 0.672. The molecule has 0 aliphatic rings. The molecule has 2 aromatic rings. The lowest BCUT2D eigenvalue weighted by atomic mass is 10.2. The monoisotopic (exact) mass is 389 g/mol. The van der Waals surface area contributed by atoms with Crippen LogP contribution in [0.5, 0.6) is 0 Å². The summed E-state index contributed by atoms with van der Waals surface area (Å²) >= 11 is 4.95. The molecule has 0 N–H and O–H groups in total. The molecule has 1 atom stereocenters. The van der Waals surface area contributed by atoms with E-state index in [2.05, 4.69) is 22.0 Å². The highest BCUT2D eigenvalue weighted by atomic mass is 79.9. The molecule has 23 heavy (non-hydrogen) atoms. The van der Waals surface area contributed by atoms with Crippen LogP contribution in [0.1, 0.15) is 23.6 Å². The largest absolute Gasteiger partial charge is 0.460 e. The number of carbonyl (C=O) groups excluding carboxylic acids is 1. The Morgan fingerprint density at radius 2 is 1.78 bits per heavy atom. The van der Waals surface area contributed by atoms with Gasteiger partial charge in [0.1, 0.15) is 6.61 Å². The van der Waals surface area contributed by atoms with Gasteiger partial charge in [-0.3, -0.25) is 4.79 Å². The Kier molecular flexibility index (Phi) is 6.69. The topological polar surface area (TPSA) is 50.1 Å². The van der Waals surface area contributed by atoms with E-state index in [1.165, 1.54) is 5.56 Å². The van der Waals surface area contributed by atoms with Crippen LogP contribution in [0.4, 0.5) is 0 Å². The molecule has 5 heteroatoms. The fraction of sp³-hybridized carbons (Fsp3) is 0.222. The van der Waals surface area contributed by atoms with Gasteiger partial charge in [-0.1, -0.05) is 40.2 Å². The first-order valence-electron chi connectivity index (χ1n) is 7.10. The molecule has 0 aliphatic carbocycles. The van der Waals surface area contributed by atoms with E-state index in [0.29, 0.717) is 5.56 Å². The third-order valence-corrected chi connectivity index (χ3v) is 4.93. The SMILES string of the molecule is C[C@H](SCc1ccc(Br)cc1)C(=O)OCc1ccc(C#N)cc1. The van der Waals surface area contributed by atoms with Crippen molar-refractivity contribution in [3.8, 4) is 6.07 Å². The lowest BCUT2D eigenvalue weighted by Crippen LogP contribution is -2.17. The highest BCUT2D eigenvalue weighted by molar-refractivity contribution is 9.10. The predicted molar refractivity (Wildman–Crippen MR) is 95.9 cm³/mol. The number of nitriles is 1. The first-order chi connectivity index (χ1) is 11.1. The average Bonchev–Trinajstić information content (AvgIpc) is 2.59. The van der Waals surface area contributed by atoms with Gasteiger partial charge in [-0.15, -0.1) is 11.8 Å². The molecule has 2 rings (SSSR count). The molecular formula is C18H16BrNO2S. The summed E-state index contributed by atoms with van der Waals surface area (Å²) in [6.45, 7) is 2.08. The van der Waals surface area contributed by atoms with Gasteiger partial charge in [-0.2, -0.15) is 5.26 Å². The number of halogens is 1. The van der Waals surface area contributed by atoms with Gasteiger partial charge in [0.05, 0.1) is 16.9 Å².